The van der Waals surface area contributed by atoms with E-state index in [0.29, 0.717) is 23.7 Å². The predicted octanol–water partition coefficient (Wildman–Crippen LogP) is 2.57. The van der Waals surface area contributed by atoms with Crippen molar-refractivity contribution >= 4 is 17.5 Å². The number of aliphatic hydroxyl groups is 1. The van der Waals surface area contributed by atoms with Crippen molar-refractivity contribution in [1.82, 2.24) is 9.80 Å². The minimum Gasteiger partial charge on any atom is -0.390 e. The first-order chi connectivity index (χ1) is 10.4. The Morgan fingerprint density at radius 1 is 1.50 bits per heavy atom. The highest BCUT2D eigenvalue weighted by atomic mass is 35.5. The van der Waals surface area contributed by atoms with Gasteiger partial charge in [0, 0.05) is 43.3 Å². The highest BCUT2D eigenvalue weighted by molar-refractivity contribution is 6.31. The van der Waals surface area contributed by atoms with Gasteiger partial charge in [0.15, 0.2) is 0 Å². The van der Waals surface area contributed by atoms with E-state index in [4.69, 9.17) is 11.6 Å². The van der Waals surface area contributed by atoms with Gasteiger partial charge in [0.2, 0.25) is 0 Å². The lowest BCUT2D eigenvalue weighted by molar-refractivity contribution is -0.0113. The summed E-state index contributed by atoms with van der Waals surface area (Å²) in [6, 6.07) is 5.57. The molecule has 1 fully saturated rings. The van der Waals surface area contributed by atoms with Gasteiger partial charge in [-0.15, -0.1) is 0 Å². The van der Waals surface area contributed by atoms with Gasteiger partial charge in [-0.05, 0) is 37.1 Å². The van der Waals surface area contributed by atoms with Crippen molar-refractivity contribution < 1.29 is 9.90 Å². The van der Waals surface area contributed by atoms with Crippen molar-refractivity contribution in [2.75, 3.05) is 26.7 Å². The smallest absolute Gasteiger partial charge is 0.253 e. The lowest BCUT2D eigenvalue weighted by atomic mass is 10.0. The molecule has 0 saturated carbocycles. The summed E-state index contributed by atoms with van der Waals surface area (Å²) in [5.41, 5.74) is 1.59. The molecule has 2 rings (SSSR count). The molecule has 1 N–H and O–H groups in total. The lowest BCUT2D eigenvalue weighted by Crippen LogP contribution is -2.55. The number of aliphatic hydroxyl groups excluding tert-OH is 1. The Morgan fingerprint density at radius 3 is 2.73 bits per heavy atom. The van der Waals surface area contributed by atoms with Gasteiger partial charge in [-0.1, -0.05) is 24.9 Å². The van der Waals surface area contributed by atoms with Gasteiger partial charge >= 0.3 is 0 Å². The highest BCUT2D eigenvalue weighted by Crippen LogP contribution is 2.19. The Kier molecular flexibility index (Phi) is 5.84. The zero-order valence-corrected chi connectivity index (χ0v) is 14.3. The first-order valence-corrected chi connectivity index (χ1v) is 8.24. The van der Waals surface area contributed by atoms with Crippen LogP contribution in [0.25, 0.3) is 0 Å². The van der Waals surface area contributed by atoms with E-state index in [1.807, 2.05) is 24.9 Å². The number of amides is 1. The first-order valence-electron chi connectivity index (χ1n) is 7.86. The average Bonchev–Trinajstić information content (AvgIpc) is 2.46. The Hall–Kier alpha value is -1.10. The monoisotopic (exact) mass is 324 g/mol. The van der Waals surface area contributed by atoms with Crippen molar-refractivity contribution in [1.29, 1.82) is 0 Å². The number of benzene rings is 1. The first kappa shape index (κ1) is 17.3. The van der Waals surface area contributed by atoms with E-state index < -0.39 is 0 Å². The maximum Gasteiger partial charge on any atom is 0.253 e. The number of β-amino-alcohol motifs (C(OH)–C–C–N with tert-alkyl or cyclic N) is 1. The fourth-order valence-corrected chi connectivity index (χ4v) is 3.00. The van der Waals surface area contributed by atoms with E-state index in [-0.39, 0.29) is 18.1 Å². The van der Waals surface area contributed by atoms with Crippen molar-refractivity contribution in [3.8, 4) is 0 Å². The molecule has 5 heteroatoms. The van der Waals surface area contributed by atoms with Crippen molar-refractivity contribution in [3.63, 3.8) is 0 Å². The third-order valence-corrected chi connectivity index (χ3v) is 4.73. The molecular weight excluding hydrogens is 300 g/mol. The van der Waals surface area contributed by atoms with Crippen LogP contribution >= 0.6 is 11.6 Å². The second-order valence-corrected chi connectivity index (χ2v) is 6.60. The topological polar surface area (TPSA) is 43.8 Å². The number of carbonyl (C=O) groups is 1. The number of likely N-dealkylation sites (tertiary alicyclic amines) is 1. The number of hydrogen-bond acceptors (Lipinski definition) is 3. The van der Waals surface area contributed by atoms with Gasteiger partial charge in [0.1, 0.15) is 0 Å². The summed E-state index contributed by atoms with van der Waals surface area (Å²) < 4.78 is 0. The van der Waals surface area contributed by atoms with E-state index in [1.54, 1.807) is 12.1 Å². The largest absolute Gasteiger partial charge is 0.390 e. The number of rotatable bonds is 6. The number of halogens is 1. The molecule has 0 aromatic heterocycles. The summed E-state index contributed by atoms with van der Waals surface area (Å²) in [5.74, 6) is 0.0271. The van der Waals surface area contributed by atoms with E-state index in [1.165, 1.54) is 0 Å². The van der Waals surface area contributed by atoms with Crippen LogP contribution in [0.2, 0.25) is 5.02 Å². The SMILES string of the molecule is CCC[C@@H](CN1CC(O)C1)N(C)C(=O)c1ccc(Cl)c(C)c1. The molecule has 1 aliphatic heterocycles. The number of likely N-dealkylation sites (N-methyl/N-ethyl adjacent to an activating group) is 1. The molecule has 1 aromatic carbocycles. The maximum atomic E-state index is 12.7. The van der Waals surface area contributed by atoms with Crippen LogP contribution in [-0.2, 0) is 0 Å². The molecular formula is C17H25ClN2O2. The molecule has 22 heavy (non-hydrogen) atoms. The third-order valence-electron chi connectivity index (χ3n) is 4.30. The van der Waals surface area contributed by atoms with E-state index in [0.717, 1.165) is 24.9 Å². The second-order valence-electron chi connectivity index (χ2n) is 6.19. The Bertz CT molecular complexity index is 529. The van der Waals surface area contributed by atoms with Crippen LogP contribution in [0.3, 0.4) is 0 Å². The molecule has 122 valence electrons. The van der Waals surface area contributed by atoms with Gasteiger partial charge in [0.05, 0.1) is 6.10 Å². The van der Waals surface area contributed by atoms with Crippen molar-refractivity contribution in [2.45, 2.75) is 38.8 Å². The van der Waals surface area contributed by atoms with E-state index in [2.05, 4.69) is 11.8 Å². The fraction of sp³-hybridized carbons (Fsp3) is 0.588. The summed E-state index contributed by atoms with van der Waals surface area (Å²) in [5, 5.41) is 10.1. The standard InChI is InChI=1S/C17H25ClN2O2/c1-4-5-14(9-20-10-15(21)11-20)19(3)17(22)13-6-7-16(18)12(2)8-13/h6-8,14-15,21H,4-5,9-11H2,1-3H3/t14-/m0/s1. The molecule has 1 saturated heterocycles. The summed E-state index contributed by atoms with van der Waals surface area (Å²) in [6.07, 6.45) is 1.78. The fourth-order valence-electron chi connectivity index (χ4n) is 2.88. The minimum atomic E-state index is -0.206. The van der Waals surface area contributed by atoms with Crippen molar-refractivity contribution in [3.05, 3.63) is 34.3 Å². The van der Waals surface area contributed by atoms with Crippen LogP contribution in [-0.4, -0.2) is 59.6 Å². The number of aryl methyl sites for hydroxylation is 1. The van der Waals surface area contributed by atoms with Crippen LogP contribution in [0.4, 0.5) is 0 Å². The average molecular weight is 325 g/mol. The van der Waals surface area contributed by atoms with Crippen molar-refractivity contribution in [2.24, 2.45) is 0 Å². The molecule has 0 bridgehead atoms. The van der Waals surface area contributed by atoms with Crippen LogP contribution in [0.1, 0.15) is 35.7 Å². The molecule has 0 unspecified atom stereocenters. The minimum absolute atomic E-state index is 0.0271. The molecule has 0 spiro atoms. The van der Waals surface area contributed by atoms with Crippen LogP contribution in [0.5, 0.6) is 0 Å². The van der Waals surface area contributed by atoms with E-state index in [9.17, 15) is 9.90 Å². The predicted molar refractivity (Wildman–Crippen MR) is 89.4 cm³/mol. The number of hydrogen-bond donors (Lipinski definition) is 1. The summed E-state index contributed by atoms with van der Waals surface area (Å²) in [6.45, 7) is 6.27. The van der Waals surface area contributed by atoms with Gasteiger partial charge in [0.25, 0.3) is 5.91 Å². The van der Waals surface area contributed by atoms with Crippen LogP contribution in [0, 0.1) is 6.92 Å². The number of carbonyl (C=O) groups excluding carboxylic acids is 1. The zero-order chi connectivity index (χ0) is 16.3. The third kappa shape index (κ3) is 4.00. The lowest BCUT2D eigenvalue weighted by Gasteiger charge is -2.40. The summed E-state index contributed by atoms with van der Waals surface area (Å²) >= 11 is 6.03. The highest BCUT2D eigenvalue weighted by Gasteiger charge is 2.29. The summed E-state index contributed by atoms with van der Waals surface area (Å²) in [7, 11) is 1.86. The molecule has 1 aromatic rings. The molecule has 1 heterocycles. The van der Waals surface area contributed by atoms with E-state index >= 15 is 0 Å². The molecule has 1 aliphatic rings. The molecule has 4 nitrogen and oxygen atoms in total. The van der Waals surface area contributed by atoms with Gasteiger partial charge in [-0.25, -0.2) is 0 Å². The molecule has 1 amide bonds. The summed E-state index contributed by atoms with van der Waals surface area (Å²) in [4.78, 5) is 16.7. The number of nitrogens with zero attached hydrogens (tertiary/aromatic N) is 2. The second kappa shape index (κ2) is 7.44. The van der Waals surface area contributed by atoms with Gasteiger partial charge < -0.3 is 10.0 Å². The Labute approximate surface area is 137 Å². The molecule has 0 radical (unpaired) electrons. The normalized spacial score (nSPS) is 17.1. The van der Waals surface area contributed by atoms with Crippen LogP contribution in [0.15, 0.2) is 18.2 Å². The molecule has 0 aliphatic carbocycles. The Balaban J connectivity index is 2.05. The maximum absolute atomic E-state index is 12.7. The molecule has 1 atom stereocenters. The Morgan fingerprint density at radius 2 is 2.18 bits per heavy atom. The quantitative estimate of drug-likeness (QED) is 0.874. The van der Waals surface area contributed by atoms with Gasteiger partial charge in [-0.2, -0.15) is 0 Å². The van der Waals surface area contributed by atoms with Crippen LogP contribution < -0.4 is 0 Å². The van der Waals surface area contributed by atoms with Gasteiger partial charge in [-0.3, -0.25) is 9.69 Å². The zero-order valence-electron chi connectivity index (χ0n) is 13.6.